The van der Waals surface area contributed by atoms with Crippen molar-refractivity contribution in [2.24, 2.45) is 0 Å². The Morgan fingerprint density at radius 1 is 1.04 bits per heavy atom. The van der Waals surface area contributed by atoms with E-state index in [1.807, 2.05) is 0 Å². The lowest BCUT2D eigenvalue weighted by molar-refractivity contribution is -0.137. The number of rotatable bonds is 3. The van der Waals surface area contributed by atoms with E-state index in [0.717, 1.165) is 12.1 Å². The van der Waals surface area contributed by atoms with Crippen LogP contribution in [0.2, 0.25) is 10.0 Å². The van der Waals surface area contributed by atoms with Crippen LogP contribution in [0.25, 0.3) is 0 Å². The third-order valence-electron chi connectivity index (χ3n) is 3.00. The number of anilines is 1. The first-order valence-electron chi connectivity index (χ1n) is 6.16. The third-order valence-corrected chi connectivity index (χ3v) is 4.93. The van der Waals surface area contributed by atoms with Crippen LogP contribution in [0.1, 0.15) is 11.1 Å². The fourth-order valence-electron chi connectivity index (χ4n) is 1.80. The molecule has 9 heteroatoms. The topological polar surface area (TPSA) is 46.2 Å². The number of nitrogens with one attached hydrogen (secondary N) is 1. The summed E-state index contributed by atoms with van der Waals surface area (Å²) in [4.78, 5) is -0.548. The number of hydrogen-bond donors (Lipinski definition) is 1. The zero-order valence-corrected chi connectivity index (χ0v) is 13.9. The van der Waals surface area contributed by atoms with Crippen molar-refractivity contribution in [3.8, 4) is 0 Å². The Kier molecular flexibility index (Phi) is 4.84. The van der Waals surface area contributed by atoms with Gasteiger partial charge in [0.05, 0.1) is 21.2 Å². The van der Waals surface area contributed by atoms with Gasteiger partial charge in [0.15, 0.2) is 0 Å². The molecular weight excluding hydrogens is 374 g/mol. The second-order valence-electron chi connectivity index (χ2n) is 4.70. The van der Waals surface area contributed by atoms with E-state index >= 15 is 0 Å². The Morgan fingerprint density at radius 3 is 2.30 bits per heavy atom. The average Bonchev–Trinajstić information content (AvgIpc) is 2.41. The number of alkyl halides is 3. The number of aryl methyl sites for hydroxylation is 1. The first kappa shape index (κ1) is 17.9. The molecule has 0 spiro atoms. The average molecular weight is 384 g/mol. The van der Waals surface area contributed by atoms with Gasteiger partial charge in [-0.25, -0.2) is 8.42 Å². The normalized spacial score (nSPS) is 12.3. The highest BCUT2D eigenvalue weighted by Crippen LogP contribution is 2.36. The Bertz CT molecular complexity index is 852. The fraction of sp³-hybridized carbons (Fsp3) is 0.143. The van der Waals surface area contributed by atoms with Crippen LogP contribution in [0.15, 0.2) is 41.3 Å². The highest BCUT2D eigenvalue weighted by molar-refractivity contribution is 7.92. The van der Waals surface area contributed by atoms with Gasteiger partial charge in [-0.1, -0.05) is 29.3 Å². The van der Waals surface area contributed by atoms with Gasteiger partial charge in [0.1, 0.15) is 0 Å². The molecule has 1 N–H and O–H groups in total. The monoisotopic (exact) mass is 383 g/mol. The van der Waals surface area contributed by atoms with Gasteiger partial charge in [0.2, 0.25) is 0 Å². The number of halogens is 5. The summed E-state index contributed by atoms with van der Waals surface area (Å²) in [5.41, 5.74) is -0.464. The van der Waals surface area contributed by atoms with Crippen LogP contribution >= 0.6 is 23.2 Å². The Balaban J connectivity index is 2.46. The van der Waals surface area contributed by atoms with Crippen molar-refractivity contribution in [2.75, 3.05) is 4.72 Å². The Morgan fingerprint density at radius 2 is 1.70 bits per heavy atom. The summed E-state index contributed by atoms with van der Waals surface area (Å²) in [6.45, 7) is 1.64. The van der Waals surface area contributed by atoms with Crippen LogP contribution in [-0.4, -0.2) is 8.42 Å². The molecule has 0 saturated heterocycles. The molecule has 0 bridgehead atoms. The molecule has 0 fully saturated rings. The molecule has 124 valence electrons. The van der Waals surface area contributed by atoms with Crippen LogP contribution in [0, 0.1) is 6.92 Å². The van der Waals surface area contributed by atoms with Crippen LogP contribution in [0.3, 0.4) is 0 Å². The molecular formula is C14H10Cl2F3NO2S. The van der Waals surface area contributed by atoms with Gasteiger partial charge in [-0.15, -0.1) is 0 Å². The summed E-state index contributed by atoms with van der Waals surface area (Å²) in [7, 11) is -4.22. The zero-order valence-electron chi connectivity index (χ0n) is 11.6. The predicted octanol–water partition coefficient (Wildman–Crippen LogP) is 5.12. The van der Waals surface area contributed by atoms with Crippen LogP contribution in [0.5, 0.6) is 0 Å². The maximum Gasteiger partial charge on any atom is 0.417 e. The van der Waals surface area contributed by atoms with Crippen molar-refractivity contribution < 1.29 is 21.6 Å². The summed E-state index contributed by atoms with van der Waals surface area (Å²) in [6.07, 6.45) is -4.76. The van der Waals surface area contributed by atoms with Crippen LogP contribution in [0.4, 0.5) is 18.9 Å². The lowest BCUT2D eigenvalue weighted by atomic mass is 10.2. The molecule has 2 rings (SSSR count). The SMILES string of the molecule is Cc1ccc(Cl)cc1NS(=O)(=O)c1ccc(Cl)c(C(F)(F)F)c1. The first-order chi connectivity index (χ1) is 10.5. The maximum atomic E-state index is 12.8. The molecule has 0 aliphatic carbocycles. The van der Waals surface area contributed by atoms with E-state index in [1.165, 1.54) is 6.07 Å². The first-order valence-corrected chi connectivity index (χ1v) is 8.40. The van der Waals surface area contributed by atoms with E-state index in [-0.39, 0.29) is 5.69 Å². The Labute approximate surface area is 141 Å². The quantitative estimate of drug-likeness (QED) is 0.799. The molecule has 0 aromatic heterocycles. The molecule has 0 aliphatic rings. The summed E-state index contributed by atoms with van der Waals surface area (Å²) in [6, 6.07) is 6.91. The maximum absolute atomic E-state index is 12.8. The number of benzene rings is 2. The van der Waals surface area contributed by atoms with E-state index in [4.69, 9.17) is 23.2 Å². The van der Waals surface area contributed by atoms with E-state index in [0.29, 0.717) is 16.7 Å². The number of hydrogen-bond acceptors (Lipinski definition) is 2. The van der Waals surface area contributed by atoms with Gasteiger partial charge in [0, 0.05) is 5.02 Å². The molecule has 0 heterocycles. The minimum absolute atomic E-state index is 0.181. The van der Waals surface area contributed by atoms with Gasteiger partial charge >= 0.3 is 6.18 Å². The minimum Gasteiger partial charge on any atom is -0.279 e. The number of sulfonamides is 1. The predicted molar refractivity (Wildman–Crippen MR) is 83.5 cm³/mol. The lowest BCUT2D eigenvalue weighted by Gasteiger charge is -2.13. The molecule has 2 aromatic carbocycles. The standard InChI is InChI=1S/C14H10Cl2F3NO2S/c1-8-2-3-9(15)6-13(8)20-23(21,22)10-4-5-12(16)11(7-10)14(17,18)19/h2-7,20H,1H3. The second kappa shape index (κ2) is 6.22. The van der Waals surface area contributed by atoms with Crippen molar-refractivity contribution in [3.63, 3.8) is 0 Å². The summed E-state index contributed by atoms with van der Waals surface area (Å²) in [5, 5.41) is -0.282. The van der Waals surface area contributed by atoms with E-state index < -0.39 is 31.7 Å². The molecule has 3 nitrogen and oxygen atoms in total. The smallest absolute Gasteiger partial charge is 0.279 e. The largest absolute Gasteiger partial charge is 0.417 e. The highest BCUT2D eigenvalue weighted by atomic mass is 35.5. The van der Waals surface area contributed by atoms with Crippen molar-refractivity contribution in [1.82, 2.24) is 0 Å². The van der Waals surface area contributed by atoms with Gasteiger partial charge in [-0.2, -0.15) is 13.2 Å². The van der Waals surface area contributed by atoms with Gasteiger partial charge in [-0.05, 0) is 42.8 Å². The molecule has 23 heavy (non-hydrogen) atoms. The van der Waals surface area contributed by atoms with Crippen molar-refractivity contribution in [2.45, 2.75) is 18.0 Å². The third kappa shape index (κ3) is 4.10. The van der Waals surface area contributed by atoms with Crippen molar-refractivity contribution >= 4 is 38.9 Å². The Hall–Kier alpha value is -1.44. The van der Waals surface area contributed by atoms with Crippen molar-refractivity contribution in [1.29, 1.82) is 0 Å². The van der Waals surface area contributed by atoms with Gasteiger partial charge in [0.25, 0.3) is 10.0 Å². The molecule has 0 aliphatic heterocycles. The molecule has 0 amide bonds. The van der Waals surface area contributed by atoms with Crippen molar-refractivity contribution in [3.05, 3.63) is 57.6 Å². The van der Waals surface area contributed by atoms with E-state index in [2.05, 4.69) is 4.72 Å². The van der Waals surface area contributed by atoms with Gasteiger partial charge in [-0.3, -0.25) is 4.72 Å². The second-order valence-corrected chi connectivity index (χ2v) is 7.23. The van der Waals surface area contributed by atoms with E-state index in [1.54, 1.807) is 19.1 Å². The van der Waals surface area contributed by atoms with E-state index in [9.17, 15) is 21.6 Å². The zero-order chi connectivity index (χ0) is 17.4. The molecule has 2 aromatic rings. The highest BCUT2D eigenvalue weighted by Gasteiger charge is 2.34. The lowest BCUT2D eigenvalue weighted by Crippen LogP contribution is -2.15. The summed E-state index contributed by atoms with van der Waals surface area (Å²) < 4.78 is 65.3. The summed E-state index contributed by atoms with van der Waals surface area (Å²) >= 11 is 11.3. The molecule has 0 saturated carbocycles. The summed E-state index contributed by atoms with van der Waals surface area (Å²) in [5.74, 6) is 0. The van der Waals surface area contributed by atoms with Gasteiger partial charge < -0.3 is 0 Å². The minimum atomic E-state index is -4.76. The molecule has 0 atom stereocenters. The molecule has 0 radical (unpaired) electrons. The fourth-order valence-corrected chi connectivity index (χ4v) is 3.34. The van der Waals surface area contributed by atoms with Crippen LogP contribution in [-0.2, 0) is 16.2 Å². The molecule has 0 unspecified atom stereocenters. The van der Waals surface area contributed by atoms with Crippen LogP contribution < -0.4 is 4.72 Å².